The van der Waals surface area contributed by atoms with E-state index in [-0.39, 0.29) is 0 Å². The van der Waals surface area contributed by atoms with Crippen molar-refractivity contribution in [2.24, 2.45) is 0 Å². The molecule has 0 atom stereocenters. The molecule has 5 heteroatoms. The van der Waals surface area contributed by atoms with Crippen molar-refractivity contribution in [1.29, 1.82) is 0 Å². The average molecular weight is 300 g/mol. The van der Waals surface area contributed by atoms with E-state index >= 15 is 0 Å². The summed E-state index contributed by atoms with van der Waals surface area (Å²) in [6, 6.07) is 7.33. The van der Waals surface area contributed by atoms with E-state index in [9.17, 15) is 9.59 Å². The number of carbonyl (C=O) groups excluding carboxylic acids is 2. The summed E-state index contributed by atoms with van der Waals surface area (Å²) in [6.45, 7) is 0. The molecule has 0 bridgehead atoms. The van der Waals surface area contributed by atoms with Crippen molar-refractivity contribution in [3.8, 4) is 0 Å². The molecule has 0 N–H and O–H groups in total. The molecule has 3 rings (SSSR count). The zero-order chi connectivity index (χ0) is 14.7. The zero-order valence-corrected chi connectivity index (χ0v) is 11.9. The molecule has 0 aliphatic rings. The van der Waals surface area contributed by atoms with Crippen molar-refractivity contribution in [2.75, 3.05) is 0 Å². The Balaban J connectivity index is 1.74. The topological polar surface area (TPSA) is 60.4 Å². The van der Waals surface area contributed by atoms with Gasteiger partial charge in [0.25, 0.3) is 0 Å². The minimum atomic E-state index is 0.583. The first-order chi connectivity index (χ1) is 10.3. The standard InChI is InChI=1S/C16H12O4S/c17-9-11-3-5-19-15(11)7-13-1-2-14(21-13)8-16-12(10-18)4-6-20-16/h1-6,9-10H,7-8H2. The fraction of sp³-hybridized carbons (Fsp3) is 0.125. The van der Waals surface area contributed by atoms with Gasteiger partial charge in [-0.15, -0.1) is 11.3 Å². The summed E-state index contributed by atoms with van der Waals surface area (Å²) < 4.78 is 10.6. The Labute approximate surface area is 125 Å². The van der Waals surface area contributed by atoms with Crippen LogP contribution >= 0.6 is 11.3 Å². The molecule has 0 saturated heterocycles. The van der Waals surface area contributed by atoms with Gasteiger partial charge in [0.2, 0.25) is 0 Å². The van der Waals surface area contributed by atoms with E-state index in [0.29, 0.717) is 35.5 Å². The molecular formula is C16H12O4S. The van der Waals surface area contributed by atoms with Gasteiger partial charge in [0, 0.05) is 22.6 Å². The predicted molar refractivity (Wildman–Crippen MR) is 78.1 cm³/mol. The van der Waals surface area contributed by atoms with E-state index in [1.165, 1.54) is 12.5 Å². The van der Waals surface area contributed by atoms with E-state index in [1.54, 1.807) is 23.5 Å². The number of aldehydes is 2. The van der Waals surface area contributed by atoms with Crippen LogP contribution in [0.2, 0.25) is 0 Å². The van der Waals surface area contributed by atoms with Crippen LogP contribution in [0, 0.1) is 0 Å². The molecule has 3 aromatic rings. The molecule has 3 aromatic heterocycles. The number of furan rings is 2. The second-order valence-electron chi connectivity index (χ2n) is 4.56. The highest BCUT2D eigenvalue weighted by molar-refractivity contribution is 7.12. The predicted octanol–water partition coefficient (Wildman–Crippen LogP) is 3.74. The summed E-state index contributed by atoms with van der Waals surface area (Å²) >= 11 is 1.62. The van der Waals surface area contributed by atoms with Gasteiger partial charge in [-0.25, -0.2) is 0 Å². The molecule has 4 nitrogen and oxygen atoms in total. The van der Waals surface area contributed by atoms with Crippen LogP contribution in [0.1, 0.15) is 42.0 Å². The highest BCUT2D eigenvalue weighted by Crippen LogP contribution is 2.24. The molecule has 3 heterocycles. The lowest BCUT2D eigenvalue weighted by atomic mass is 10.2. The van der Waals surface area contributed by atoms with Gasteiger partial charge in [-0.1, -0.05) is 0 Å². The Morgan fingerprint density at radius 2 is 1.29 bits per heavy atom. The molecule has 0 fully saturated rings. The molecular weight excluding hydrogens is 288 g/mol. The molecule has 21 heavy (non-hydrogen) atoms. The summed E-state index contributed by atoms with van der Waals surface area (Å²) in [5.41, 5.74) is 1.17. The molecule has 0 amide bonds. The largest absolute Gasteiger partial charge is 0.468 e. The molecule has 0 aliphatic carbocycles. The monoisotopic (exact) mass is 300 g/mol. The van der Waals surface area contributed by atoms with Gasteiger partial charge < -0.3 is 8.83 Å². The zero-order valence-electron chi connectivity index (χ0n) is 11.1. The van der Waals surface area contributed by atoms with Crippen LogP contribution in [0.25, 0.3) is 0 Å². The van der Waals surface area contributed by atoms with Gasteiger partial charge in [0.1, 0.15) is 11.5 Å². The van der Waals surface area contributed by atoms with Crippen molar-refractivity contribution in [2.45, 2.75) is 12.8 Å². The van der Waals surface area contributed by atoms with Crippen molar-refractivity contribution in [3.63, 3.8) is 0 Å². The van der Waals surface area contributed by atoms with Crippen LogP contribution in [-0.4, -0.2) is 12.6 Å². The SMILES string of the molecule is O=Cc1ccoc1Cc1ccc(Cc2occc2C=O)s1. The van der Waals surface area contributed by atoms with Gasteiger partial charge in [0.05, 0.1) is 23.7 Å². The van der Waals surface area contributed by atoms with Gasteiger partial charge in [0.15, 0.2) is 12.6 Å². The third-order valence-electron chi connectivity index (χ3n) is 3.20. The van der Waals surface area contributed by atoms with Crippen molar-refractivity contribution < 1.29 is 18.4 Å². The fourth-order valence-corrected chi connectivity index (χ4v) is 3.14. The molecule has 0 spiro atoms. The number of rotatable bonds is 6. The van der Waals surface area contributed by atoms with Gasteiger partial charge in [-0.2, -0.15) is 0 Å². The number of hydrogen-bond donors (Lipinski definition) is 0. The van der Waals surface area contributed by atoms with Gasteiger partial charge in [-0.05, 0) is 24.3 Å². The first-order valence-electron chi connectivity index (χ1n) is 6.41. The van der Waals surface area contributed by atoms with E-state index in [4.69, 9.17) is 8.83 Å². The van der Waals surface area contributed by atoms with Gasteiger partial charge >= 0.3 is 0 Å². The molecule has 0 aromatic carbocycles. The van der Waals surface area contributed by atoms with Crippen LogP contribution < -0.4 is 0 Å². The molecule has 0 radical (unpaired) electrons. The Bertz CT molecular complexity index is 700. The number of thiophene rings is 1. The summed E-state index contributed by atoms with van der Waals surface area (Å²) in [5, 5.41) is 0. The third-order valence-corrected chi connectivity index (χ3v) is 4.29. The number of carbonyl (C=O) groups is 2. The second-order valence-corrected chi connectivity index (χ2v) is 5.81. The van der Waals surface area contributed by atoms with Crippen molar-refractivity contribution in [3.05, 3.63) is 69.2 Å². The van der Waals surface area contributed by atoms with Crippen LogP contribution in [0.5, 0.6) is 0 Å². The Morgan fingerprint density at radius 1 is 0.810 bits per heavy atom. The third kappa shape index (κ3) is 2.87. The smallest absolute Gasteiger partial charge is 0.153 e. The summed E-state index contributed by atoms with van der Waals surface area (Å²) in [6.07, 6.45) is 5.81. The summed E-state index contributed by atoms with van der Waals surface area (Å²) in [7, 11) is 0. The lowest BCUT2D eigenvalue weighted by Crippen LogP contribution is -1.88. The van der Waals surface area contributed by atoms with E-state index < -0.39 is 0 Å². The van der Waals surface area contributed by atoms with Gasteiger partial charge in [-0.3, -0.25) is 9.59 Å². The minimum absolute atomic E-state index is 0.583. The van der Waals surface area contributed by atoms with Crippen LogP contribution in [0.4, 0.5) is 0 Å². The number of hydrogen-bond acceptors (Lipinski definition) is 5. The van der Waals surface area contributed by atoms with E-state index in [2.05, 4.69) is 0 Å². The fourth-order valence-electron chi connectivity index (χ4n) is 2.13. The maximum atomic E-state index is 10.9. The minimum Gasteiger partial charge on any atom is -0.468 e. The van der Waals surface area contributed by atoms with Crippen LogP contribution in [0.3, 0.4) is 0 Å². The lowest BCUT2D eigenvalue weighted by molar-refractivity contribution is 0.111. The summed E-state index contributed by atoms with van der Waals surface area (Å²) in [4.78, 5) is 23.9. The Hall–Kier alpha value is -2.40. The van der Waals surface area contributed by atoms with Crippen LogP contribution in [0.15, 0.2) is 45.6 Å². The molecule has 0 saturated carbocycles. The Morgan fingerprint density at radius 3 is 1.71 bits per heavy atom. The first kappa shape index (κ1) is 13.6. The average Bonchev–Trinajstić information content (AvgIpc) is 3.21. The van der Waals surface area contributed by atoms with E-state index in [1.807, 2.05) is 12.1 Å². The van der Waals surface area contributed by atoms with Crippen molar-refractivity contribution in [1.82, 2.24) is 0 Å². The van der Waals surface area contributed by atoms with E-state index in [0.717, 1.165) is 22.3 Å². The second kappa shape index (κ2) is 5.93. The Kier molecular flexibility index (Phi) is 3.83. The molecule has 106 valence electrons. The first-order valence-corrected chi connectivity index (χ1v) is 7.22. The quantitative estimate of drug-likeness (QED) is 0.651. The molecule has 0 aliphatic heterocycles. The van der Waals surface area contributed by atoms with Crippen LogP contribution in [-0.2, 0) is 12.8 Å². The molecule has 0 unspecified atom stereocenters. The maximum absolute atomic E-state index is 10.9. The maximum Gasteiger partial charge on any atom is 0.153 e. The summed E-state index contributed by atoms with van der Waals surface area (Å²) in [5.74, 6) is 1.34. The lowest BCUT2D eigenvalue weighted by Gasteiger charge is -1.96. The van der Waals surface area contributed by atoms with Crippen molar-refractivity contribution >= 4 is 23.9 Å². The normalized spacial score (nSPS) is 10.7. The highest BCUT2D eigenvalue weighted by Gasteiger charge is 2.11. The highest BCUT2D eigenvalue weighted by atomic mass is 32.1.